The number of ether oxygens (including phenoxy) is 3. The fraction of sp³-hybridized carbons (Fsp3) is 0.512. The maximum absolute atomic E-state index is 14.4. The van der Waals surface area contributed by atoms with E-state index in [1.165, 1.54) is 17.7 Å². The molecular formula is C43H56FN5O5. The van der Waals surface area contributed by atoms with Crippen molar-refractivity contribution in [1.82, 2.24) is 20.3 Å². The van der Waals surface area contributed by atoms with Gasteiger partial charge in [-0.15, -0.1) is 0 Å². The van der Waals surface area contributed by atoms with Crippen LogP contribution in [0.15, 0.2) is 48.5 Å². The highest BCUT2D eigenvalue weighted by Gasteiger charge is 2.36. The van der Waals surface area contributed by atoms with Gasteiger partial charge in [-0.25, -0.2) is 14.2 Å². The number of piperazine rings is 1. The number of nitrogens with one attached hydrogen (secondary N) is 2. The molecule has 3 aliphatic rings. The number of hydrazine groups is 1. The third-order valence-corrected chi connectivity index (χ3v) is 9.98. The van der Waals surface area contributed by atoms with Crippen LogP contribution in [0.5, 0.6) is 0 Å². The largest absolute Gasteiger partial charge is 0.460 e. The molecule has 0 saturated carbocycles. The number of hydrogen-bond acceptors (Lipinski definition) is 8. The Morgan fingerprint density at radius 1 is 1.06 bits per heavy atom. The molecule has 0 bridgehead atoms. The van der Waals surface area contributed by atoms with Gasteiger partial charge in [0.15, 0.2) is 5.79 Å². The number of likely N-dealkylation sites (N-methyl/N-ethyl adjacent to an activating group) is 1. The first kappa shape index (κ1) is 39.5. The van der Waals surface area contributed by atoms with E-state index in [9.17, 15) is 14.0 Å². The zero-order valence-electron chi connectivity index (χ0n) is 33.1. The van der Waals surface area contributed by atoms with Gasteiger partial charge in [-0.05, 0) is 113 Å². The Hall–Kier alpha value is -4.16. The zero-order chi connectivity index (χ0) is 38.8. The molecule has 2 aliphatic heterocycles. The number of halogens is 1. The van der Waals surface area contributed by atoms with E-state index in [-0.39, 0.29) is 42.4 Å². The Morgan fingerprint density at radius 3 is 2.46 bits per heavy atom. The molecule has 2 saturated heterocycles. The number of nitrogens with zero attached hydrogens (tertiary/aromatic N) is 3. The number of amides is 2. The van der Waals surface area contributed by atoms with E-state index >= 15 is 0 Å². The molecule has 2 fully saturated rings. The summed E-state index contributed by atoms with van der Waals surface area (Å²) in [6.45, 7) is 16.8. The first-order valence-electron chi connectivity index (χ1n) is 19.3. The number of anilines is 1. The molecule has 0 radical (unpaired) electrons. The third kappa shape index (κ3) is 9.92. The number of urea groups is 1. The van der Waals surface area contributed by atoms with Crippen LogP contribution in [0.25, 0.3) is 28.5 Å². The molecule has 11 heteroatoms. The van der Waals surface area contributed by atoms with Crippen LogP contribution in [0.1, 0.15) is 96.0 Å². The minimum atomic E-state index is -0.913. The first-order chi connectivity index (χ1) is 25.5. The van der Waals surface area contributed by atoms with Gasteiger partial charge in [0.25, 0.3) is 0 Å². The fourth-order valence-corrected chi connectivity index (χ4v) is 7.61. The lowest BCUT2D eigenvalue weighted by Gasteiger charge is -2.40. The van der Waals surface area contributed by atoms with Crippen LogP contribution in [-0.4, -0.2) is 83.7 Å². The normalized spacial score (nSPS) is 20.6. The standard InChI is InChI=1S/C43H56FN5O5/c1-27(2)39-35(19-18-32-25-33(53-43(6,7)52-32)26-37(50)54-42(3,4)5)38(29-12-15-30(44)16-13-29)34-11-9-10-28-14-17-31(24-36(28)40(34)46-39)45-41(51)47-49-22-20-48(8)21-23-49/h12-19,24,27,32-33H,9-11,20-23,25-26H2,1-8H3,(H2,45,47,51)/b19-18+/t32-,33-/m1/s1. The minimum absolute atomic E-state index is 0.0449. The van der Waals surface area contributed by atoms with E-state index in [1.807, 2.05) is 70.0 Å². The number of hydrogen-bond donors (Lipinski definition) is 2. The molecule has 2 aromatic carbocycles. The van der Waals surface area contributed by atoms with Gasteiger partial charge in [0.2, 0.25) is 0 Å². The molecular weight excluding hydrogens is 686 g/mol. The summed E-state index contributed by atoms with van der Waals surface area (Å²) >= 11 is 0. The van der Waals surface area contributed by atoms with Crippen LogP contribution in [0.3, 0.4) is 0 Å². The topological polar surface area (TPSA) is 105 Å². The van der Waals surface area contributed by atoms with Gasteiger partial charge in [0, 0.05) is 49.4 Å². The number of aromatic nitrogens is 1. The molecule has 2 N–H and O–H groups in total. The van der Waals surface area contributed by atoms with Crippen LogP contribution in [0, 0.1) is 5.82 Å². The van der Waals surface area contributed by atoms with E-state index in [2.05, 4.69) is 48.7 Å². The summed E-state index contributed by atoms with van der Waals surface area (Å²) in [5.74, 6) is -1.48. The van der Waals surface area contributed by atoms with Crippen molar-refractivity contribution in [3.05, 3.63) is 76.7 Å². The van der Waals surface area contributed by atoms with E-state index in [4.69, 9.17) is 19.2 Å². The third-order valence-electron chi connectivity index (χ3n) is 9.98. The predicted molar refractivity (Wildman–Crippen MR) is 210 cm³/mol. The van der Waals surface area contributed by atoms with Gasteiger partial charge in [0.1, 0.15) is 11.4 Å². The van der Waals surface area contributed by atoms with E-state index in [1.54, 1.807) is 0 Å². The van der Waals surface area contributed by atoms with Crippen molar-refractivity contribution < 1.29 is 28.2 Å². The monoisotopic (exact) mass is 741 g/mol. The Balaban J connectivity index is 1.38. The molecule has 0 spiro atoms. The Kier molecular flexibility index (Phi) is 11.9. The molecule has 54 heavy (non-hydrogen) atoms. The first-order valence-corrected chi connectivity index (χ1v) is 19.3. The predicted octanol–water partition coefficient (Wildman–Crippen LogP) is 8.11. The molecule has 0 unspecified atom stereocenters. The Labute approximate surface area is 319 Å². The van der Waals surface area contributed by atoms with Crippen LogP contribution < -0.4 is 10.7 Å². The second-order valence-corrected chi connectivity index (χ2v) is 16.5. The number of aryl methyl sites for hydroxylation is 1. The van der Waals surface area contributed by atoms with Crippen molar-refractivity contribution in [3.8, 4) is 22.4 Å². The number of pyridine rings is 1. The van der Waals surface area contributed by atoms with Crippen molar-refractivity contribution in [1.29, 1.82) is 0 Å². The quantitative estimate of drug-likeness (QED) is 0.223. The summed E-state index contributed by atoms with van der Waals surface area (Å²) < 4.78 is 32.5. The van der Waals surface area contributed by atoms with Gasteiger partial charge in [-0.1, -0.05) is 44.2 Å². The minimum Gasteiger partial charge on any atom is -0.460 e. The average Bonchev–Trinajstić information content (AvgIpc) is 3.25. The molecule has 1 aromatic heterocycles. The van der Waals surface area contributed by atoms with Gasteiger partial charge < -0.3 is 24.4 Å². The molecule has 1 aliphatic carbocycles. The second kappa shape index (κ2) is 16.3. The molecule has 6 rings (SSSR count). The Morgan fingerprint density at radius 2 is 1.78 bits per heavy atom. The van der Waals surface area contributed by atoms with Gasteiger partial charge >= 0.3 is 12.0 Å². The summed E-state index contributed by atoms with van der Waals surface area (Å²) in [6, 6.07) is 12.5. The maximum atomic E-state index is 14.4. The summed E-state index contributed by atoms with van der Waals surface area (Å²) in [6.07, 6.45) is 6.54. The van der Waals surface area contributed by atoms with Crippen LogP contribution in [-0.2, 0) is 31.8 Å². The molecule has 3 heterocycles. The number of carbonyl (C=O) groups is 2. The van der Waals surface area contributed by atoms with Crippen LogP contribution >= 0.6 is 0 Å². The van der Waals surface area contributed by atoms with E-state index < -0.39 is 11.4 Å². The fourth-order valence-electron chi connectivity index (χ4n) is 7.61. The molecule has 10 nitrogen and oxygen atoms in total. The van der Waals surface area contributed by atoms with Gasteiger partial charge in [0.05, 0.1) is 30.0 Å². The number of esters is 1. The lowest BCUT2D eigenvalue weighted by molar-refractivity contribution is -0.290. The highest BCUT2D eigenvalue weighted by Crippen LogP contribution is 2.43. The van der Waals surface area contributed by atoms with E-state index in [0.717, 1.165) is 84.6 Å². The maximum Gasteiger partial charge on any atom is 0.333 e. The zero-order valence-corrected chi connectivity index (χ0v) is 33.1. The summed E-state index contributed by atoms with van der Waals surface area (Å²) in [7, 11) is 2.08. The highest BCUT2D eigenvalue weighted by molar-refractivity contribution is 5.91. The highest BCUT2D eigenvalue weighted by atomic mass is 19.1. The molecule has 2 amide bonds. The van der Waals surface area contributed by atoms with Crippen molar-refractivity contribution >= 4 is 23.8 Å². The Bertz CT molecular complexity index is 1860. The second-order valence-electron chi connectivity index (χ2n) is 16.5. The average molecular weight is 742 g/mol. The smallest absolute Gasteiger partial charge is 0.333 e. The lowest BCUT2D eigenvalue weighted by Crippen LogP contribution is -2.53. The van der Waals surface area contributed by atoms with Crippen LogP contribution in [0.2, 0.25) is 0 Å². The number of benzene rings is 2. The number of rotatable bonds is 8. The summed E-state index contributed by atoms with van der Waals surface area (Å²) in [5.41, 5.74) is 11.0. The molecule has 290 valence electrons. The lowest BCUT2D eigenvalue weighted by atomic mass is 9.86. The van der Waals surface area contributed by atoms with E-state index in [0.29, 0.717) is 12.1 Å². The van der Waals surface area contributed by atoms with Gasteiger partial charge in [-0.2, -0.15) is 0 Å². The SMILES string of the molecule is CC(C)c1nc2c(c(-c3ccc(F)cc3)c1/C=C/[C@@H]1C[C@H](CC(=O)OC(C)(C)C)OC(C)(C)O1)CCCc1ccc(NC(=O)NN3CCN(C)CC3)cc1-2. The number of fused-ring (bicyclic) bond motifs is 3. The summed E-state index contributed by atoms with van der Waals surface area (Å²) in [4.78, 5) is 33.5. The molecule has 3 aromatic rings. The molecule has 2 atom stereocenters. The van der Waals surface area contributed by atoms with Crippen LogP contribution in [0.4, 0.5) is 14.9 Å². The summed E-state index contributed by atoms with van der Waals surface area (Å²) in [5, 5.41) is 5.00. The van der Waals surface area contributed by atoms with Crippen molar-refractivity contribution in [3.63, 3.8) is 0 Å². The van der Waals surface area contributed by atoms with Gasteiger partial charge in [-0.3, -0.25) is 15.2 Å². The van der Waals surface area contributed by atoms with Crippen molar-refractivity contribution in [2.45, 2.75) is 110 Å². The van der Waals surface area contributed by atoms with Crippen molar-refractivity contribution in [2.24, 2.45) is 0 Å². The van der Waals surface area contributed by atoms with Crippen molar-refractivity contribution in [2.75, 3.05) is 38.5 Å². The number of carbonyl (C=O) groups excluding carboxylic acids is 2.